The maximum Gasteiger partial charge on any atom is 0.330 e. The van der Waals surface area contributed by atoms with Crippen molar-refractivity contribution in [3.05, 3.63) is 46.1 Å². The van der Waals surface area contributed by atoms with Crippen molar-refractivity contribution < 1.29 is 4.92 Å². The maximum absolute atomic E-state index is 11.0. The summed E-state index contributed by atoms with van der Waals surface area (Å²) in [5.41, 5.74) is 6.07. The van der Waals surface area contributed by atoms with E-state index in [1.807, 2.05) is 6.07 Å². The van der Waals surface area contributed by atoms with Crippen molar-refractivity contribution in [1.29, 1.82) is 5.26 Å². The summed E-state index contributed by atoms with van der Waals surface area (Å²) >= 11 is 0. The van der Waals surface area contributed by atoms with Gasteiger partial charge in [0.15, 0.2) is 0 Å². The van der Waals surface area contributed by atoms with Gasteiger partial charge in [0.05, 0.1) is 16.2 Å². The quantitative estimate of drug-likeness (QED) is 0.663. The van der Waals surface area contributed by atoms with Crippen LogP contribution in [0.15, 0.2) is 30.5 Å². The summed E-state index contributed by atoms with van der Waals surface area (Å²) in [7, 11) is 1.57. The summed E-state index contributed by atoms with van der Waals surface area (Å²) in [6.45, 7) is 0. The van der Waals surface area contributed by atoms with Crippen LogP contribution in [0.2, 0.25) is 0 Å². The van der Waals surface area contributed by atoms with Gasteiger partial charge >= 0.3 is 5.69 Å². The minimum atomic E-state index is -0.597. The highest BCUT2D eigenvalue weighted by atomic mass is 16.6. The van der Waals surface area contributed by atoms with E-state index in [-0.39, 0.29) is 17.5 Å². The molecule has 0 fully saturated rings. The van der Waals surface area contributed by atoms with Crippen molar-refractivity contribution in [2.24, 2.45) is 0 Å². The molecule has 0 atom stereocenters. The predicted octanol–water partition coefficient (Wildman–Crippen LogP) is 1.61. The van der Waals surface area contributed by atoms with Crippen LogP contribution in [-0.2, 0) is 0 Å². The Bertz CT molecular complexity index is 709. The topological polar surface area (TPSA) is 122 Å². The average molecular weight is 270 g/mol. The molecule has 2 N–H and O–H groups in total. The third-order valence-electron chi connectivity index (χ3n) is 2.67. The molecule has 1 heterocycles. The van der Waals surface area contributed by atoms with Crippen molar-refractivity contribution >= 4 is 23.1 Å². The molecule has 0 radical (unpaired) electrons. The second-order valence-corrected chi connectivity index (χ2v) is 3.88. The second kappa shape index (κ2) is 5.19. The van der Waals surface area contributed by atoms with Gasteiger partial charge in [-0.25, -0.2) is 4.98 Å². The van der Waals surface area contributed by atoms with Crippen LogP contribution in [0.5, 0.6) is 0 Å². The number of nitro groups is 1. The molecule has 1 aromatic heterocycles. The highest BCUT2D eigenvalue weighted by Gasteiger charge is 2.22. The lowest BCUT2D eigenvalue weighted by Crippen LogP contribution is -2.16. The first-order chi connectivity index (χ1) is 9.54. The Morgan fingerprint density at radius 1 is 1.45 bits per heavy atom. The average Bonchev–Trinajstić information content (AvgIpc) is 2.46. The SMILES string of the molecule is CN(c1ccccc1C#N)c1nc(N)ncc1[N+](=O)[O-]. The lowest BCUT2D eigenvalue weighted by Gasteiger charge is -2.19. The van der Waals surface area contributed by atoms with Gasteiger partial charge in [-0.15, -0.1) is 0 Å². The number of nitrogens with two attached hydrogens (primary N) is 1. The Morgan fingerprint density at radius 3 is 2.80 bits per heavy atom. The van der Waals surface area contributed by atoms with Crippen molar-refractivity contribution in [3.8, 4) is 6.07 Å². The van der Waals surface area contributed by atoms with Crippen LogP contribution in [0, 0.1) is 21.4 Å². The van der Waals surface area contributed by atoms with Gasteiger partial charge in [0.1, 0.15) is 12.3 Å². The van der Waals surface area contributed by atoms with Gasteiger partial charge in [-0.05, 0) is 12.1 Å². The number of hydrogen-bond donors (Lipinski definition) is 1. The molecule has 20 heavy (non-hydrogen) atoms. The lowest BCUT2D eigenvalue weighted by atomic mass is 10.2. The molecule has 0 unspecified atom stereocenters. The van der Waals surface area contributed by atoms with Gasteiger partial charge in [0.25, 0.3) is 0 Å². The normalized spacial score (nSPS) is 9.80. The molecule has 0 saturated heterocycles. The molecule has 1 aromatic carbocycles. The molecule has 0 bridgehead atoms. The fourth-order valence-corrected chi connectivity index (χ4v) is 1.73. The number of rotatable bonds is 3. The van der Waals surface area contributed by atoms with Gasteiger partial charge in [0, 0.05) is 7.05 Å². The van der Waals surface area contributed by atoms with Crippen LogP contribution in [-0.4, -0.2) is 21.9 Å². The Morgan fingerprint density at radius 2 is 2.15 bits per heavy atom. The lowest BCUT2D eigenvalue weighted by molar-refractivity contribution is -0.384. The summed E-state index contributed by atoms with van der Waals surface area (Å²) in [6.07, 6.45) is 1.04. The maximum atomic E-state index is 11.0. The number of aromatic nitrogens is 2. The monoisotopic (exact) mass is 270 g/mol. The molecule has 0 saturated carbocycles. The zero-order valence-corrected chi connectivity index (χ0v) is 10.5. The highest BCUT2D eigenvalue weighted by molar-refractivity contribution is 5.72. The van der Waals surface area contributed by atoms with E-state index in [1.54, 1.807) is 31.3 Å². The first kappa shape index (κ1) is 13.2. The molecule has 8 nitrogen and oxygen atoms in total. The van der Waals surface area contributed by atoms with Crippen molar-refractivity contribution in [2.75, 3.05) is 17.7 Å². The van der Waals surface area contributed by atoms with Crippen LogP contribution in [0.3, 0.4) is 0 Å². The zero-order chi connectivity index (χ0) is 14.7. The smallest absolute Gasteiger partial charge is 0.330 e. The van der Waals surface area contributed by atoms with E-state index >= 15 is 0 Å². The summed E-state index contributed by atoms with van der Waals surface area (Å²) in [5, 5.41) is 20.1. The Kier molecular flexibility index (Phi) is 3.43. The van der Waals surface area contributed by atoms with Crippen LogP contribution >= 0.6 is 0 Å². The number of nitrogen functional groups attached to an aromatic ring is 1. The third kappa shape index (κ3) is 2.32. The molecule has 8 heteroatoms. The summed E-state index contributed by atoms with van der Waals surface area (Å²) < 4.78 is 0. The largest absolute Gasteiger partial charge is 0.368 e. The molecule has 0 amide bonds. The molecular formula is C12H10N6O2. The van der Waals surface area contributed by atoms with Gasteiger partial charge < -0.3 is 10.6 Å². The van der Waals surface area contributed by atoms with E-state index in [9.17, 15) is 10.1 Å². The molecule has 0 aliphatic carbocycles. The molecule has 0 spiro atoms. The Hall–Kier alpha value is -3.21. The zero-order valence-electron chi connectivity index (χ0n) is 10.5. The van der Waals surface area contributed by atoms with E-state index in [4.69, 9.17) is 11.0 Å². The van der Waals surface area contributed by atoms with Crippen LogP contribution in [0.4, 0.5) is 23.1 Å². The van der Waals surface area contributed by atoms with E-state index in [0.717, 1.165) is 6.20 Å². The van der Waals surface area contributed by atoms with Gasteiger partial charge in [0.2, 0.25) is 11.8 Å². The summed E-state index contributed by atoms with van der Waals surface area (Å²) in [4.78, 5) is 19.4. The van der Waals surface area contributed by atoms with Crippen molar-refractivity contribution in [3.63, 3.8) is 0 Å². The number of benzene rings is 1. The molecule has 2 rings (SSSR count). The van der Waals surface area contributed by atoms with Crippen molar-refractivity contribution in [1.82, 2.24) is 9.97 Å². The minimum absolute atomic E-state index is 0.0326. The molecule has 0 aliphatic heterocycles. The van der Waals surface area contributed by atoms with Crippen LogP contribution in [0.1, 0.15) is 5.56 Å². The van der Waals surface area contributed by atoms with E-state index in [2.05, 4.69) is 9.97 Å². The third-order valence-corrected chi connectivity index (χ3v) is 2.67. The molecule has 0 aliphatic rings. The van der Waals surface area contributed by atoms with E-state index < -0.39 is 4.92 Å². The van der Waals surface area contributed by atoms with Gasteiger partial charge in [-0.2, -0.15) is 10.2 Å². The molecular weight excluding hydrogens is 260 g/mol. The number of hydrogen-bond acceptors (Lipinski definition) is 7. The van der Waals surface area contributed by atoms with Gasteiger partial charge in [-0.3, -0.25) is 10.1 Å². The Balaban J connectivity index is 2.59. The summed E-state index contributed by atoms with van der Waals surface area (Å²) in [6, 6.07) is 8.74. The minimum Gasteiger partial charge on any atom is -0.368 e. The fourth-order valence-electron chi connectivity index (χ4n) is 1.73. The highest BCUT2D eigenvalue weighted by Crippen LogP contribution is 2.31. The second-order valence-electron chi connectivity index (χ2n) is 3.88. The number of anilines is 3. The Labute approximate surface area is 114 Å². The first-order valence-electron chi connectivity index (χ1n) is 5.54. The number of nitriles is 1. The first-order valence-corrected chi connectivity index (χ1v) is 5.54. The predicted molar refractivity (Wildman–Crippen MR) is 72.3 cm³/mol. The molecule has 100 valence electrons. The number of nitrogens with zero attached hydrogens (tertiary/aromatic N) is 5. The fraction of sp³-hybridized carbons (Fsp3) is 0.0833. The van der Waals surface area contributed by atoms with Crippen molar-refractivity contribution in [2.45, 2.75) is 0 Å². The number of para-hydroxylation sites is 1. The van der Waals surface area contributed by atoms with E-state index in [1.165, 1.54) is 4.90 Å². The van der Waals surface area contributed by atoms with E-state index in [0.29, 0.717) is 11.3 Å². The molecule has 2 aromatic rings. The summed E-state index contributed by atoms with van der Waals surface area (Å²) in [5.74, 6) is -0.0444. The van der Waals surface area contributed by atoms with Gasteiger partial charge in [-0.1, -0.05) is 12.1 Å². The standard InChI is InChI=1S/C12H10N6O2/c1-17(9-5-3-2-4-8(9)6-13)11-10(18(19)20)7-15-12(14)16-11/h2-5,7H,1H3,(H2,14,15,16). The van der Waals surface area contributed by atoms with Crippen LogP contribution < -0.4 is 10.6 Å². The van der Waals surface area contributed by atoms with Crippen LogP contribution in [0.25, 0.3) is 0 Å².